The molecule has 0 saturated carbocycles. The van der Waals surface area contributed by atoms with Gasteiger partial charge in [-0.2, -0.15) is 4.31 Å². The average molecular weight is 438 g/mol. The van der Waals surface area contributed by atoms with Crippen LogP contribution in [0.5, 0.6) is 0 Å². The fourth-order valence-electron chi connectivity index (χ4n) is 3.26. The SMILES string of the molecule is Cc1ccc(C)c(S(=O)(=O)N2CCN(C(=O)c3ccc(Cl)cc3[N+](=O)[O-])CC2)c1. The highest BCUT2D eigenvalue weighted by molar-refractivity contribution is 7.89. The predicted octanol–water partition coefficient (Wildman–Crippen LogP) is 3.01. The number of carbonyl (C=O) groups excluding carboxylic acids is 1. The summed E-state index contributed by atoms with van der Waals surface area (Å²) in [6.07, 6.45) is 0. The lowest BCUT2D eigenvalue weighted by atomic mass is 10.1. The van der Waals surface area contributed by atoms with Crippen molar-refractivity contribution in [1.82, 2.24) is 9.21 Å². The predicted molar refractivity (Wildman–Crippen MR) is 109 cm³/mol. The summed E-state index contributed by atoms with van der Waals surface area (Å²) < 4.78 is 27.4. The zero-order valence-electron chi connectivity index (χ0n) is 16.0. The standard InChI is InChI=1S/C19H20ClN3O5S/c1-13-3-4-14(2)18(11-13)29(27,28)22-9-7-21(8-10-22)19(24)16-6-5-15(20)12-17(16)23(25)26/h3-6,11-12H,7-10H2,1-2H3. The van der Waals surface area contributed by atoms with E-state index >= 15 is 0 Å². The molecule has 1 aliphatic rings. The van der Waals surface area contributed by atoms with Gasteiger partial charge in [-0.05, 0) is 43.2 Å². The molecule has 0 spiro atoms. The normalized spacial score (nSPS) is 15.3. The third-order valence-corrected chi connectivity index (χ3v) is 7.15. The van der Waals surface area contributed by atoms with Crippen LogP contribution in [0.4, 0.5) is 5.69 Å². The first-order valence-corrected chi connectivity index (χ1v) is 10.7. The van der Waals surface area contributed by atoms with Gasteiger partial charge in [0, 0.05) is 37.3 Å². The summed E-state index contributed by atoms with van der Waals surface area (Å²) in [5.41, 5.74) is 1.07. The van der Waals surface area contributed by atoms with Crippen LogP contribution in [0.1, 0.15) is 21.5 Å². The molecule has 1 amide bonds. The van der Waals surface area contributed by atoms with Gasteiger partial charge in [0.25, 0.3) is 11.6 Å². The molecule has 10 heteroatoms. The summed E-state index contributed by atoms with van der Waals surface area (Å²) >= 11 is 5.80. The molecule has 1 heterocycles. The Labute approximate surface area is 173 Å². The van der Waals surface area contributed by atoms with E-state index in [0.29, 0.717) is 5.56 Å². The van der Waals surface area contributed by atoms with Crippen LogP contribution in [-0.4, -0.2) is 54.6 Å². The largest absolute Gasteiger partial charge is 0.336 e. The number of nitro benzene ring substituents is 1. The van der Waals surface area contributed by atoms with Gasteiger partial charge in [-0.25, -0.2) is 8.42 Å². The maximum absolute atomic E-state index is 13.0. The van der Waals surface area contributed by atoms with E-state index in [9.17, 15) is 23.3 Å². The highest BCUT2D eigenvalue weighted by atomic mass is 35.5. The minimum atomic E-state index is -3.69. The van der Waals surface area contributed by atoms with Crippen LogP contribution in [0.25, 0.3) is 0 Å². The molecule has 154 valence electrons. The van der Waals surface area contributed by atoms with E-state index in [4.69, 9.17) is 11.6 Å². The number of piperazine rings is 1. The zero-order chi connectivity index (χ0) is 21.3. The number of hydrogen-bond acceptors (Lipinski definition) is 5. The molecule has 3 rings (SSSR count). The number of hydrogen-bond donors (Lipinski definition) is 0. The van der Waals surface area contributed by atoms with Gasteiger partial charge in [0.05, 0.1) is 9.82 Å². The number of nitro groups is 1. The van der Waals surface area contributed by atoms with Crippen molar-refractivity contribution in [2.45, 2.75) is 18.7 Å². The molecule has 2 aromatic rings. The van der Waals surface area contributed by atoms with Crippen LogP contribution in [-0.2, 0) is 10.0 Å². The number of rotatable bonds is 4. The molecular formula is C19H20ClN3O5S. The molecule has 1 fully saturated rings. The summed E-state index contributed by atoms with van der Waals surface area (Å²) in [5.74, 6) is -0.517. The molecule has 1 aliphatic heterocycles. The second kappa shape index (κ2) is 8.10. The topological polar surface area (TPSA) is 101 Å². The number of aryl methyl sites for hydroxylation is 2. The lowest BCUT2D eigenvalue weighted by molar-refractivity contribution is -0.385. The molecule has 0 unspecified atom stereocenters. The number of carbonyl (C=O) groups is 1. The molecule has 0 atom stereocenters. The quantitative estimate of drug-likeness (QED) is 0.540. The Hall–Kier alpha value is -2.49. The number of sulfonamides is 1. The Bertz CT molecular complexity index is 1080. The van der Waals surface area contributed by atoms with Crippen LogP contribution >= 0.6 is 11.6 Å². The highest BCUT2D eigenvalue weighted by Gasteiger charge is 2.33. The Morgan fingerprint density at radius 1 is 1.07 bits per heavy atom. The Morgan fingerprint density at radius 3 is 2.34 bits per heavy atom. The van der Waals surface area contributed by atoms with Gasteiger partial charge < -0.3 is 4.90 Å². The second-order valence-electron chi connectivity index (χ2n) is 6.88. The van der Waals surface area contributed by atoms with Gasteiger partial charge in [0.1, 0.15) is 5.56 Å². The number of halogens is 1. The fourth-order valence-corrected chi connectivity index (χ4v) is 5.16. The minimum absolute atomic E-state index is 0.0646. The van der Waals surface area contributed by atoms with Crippen molar-refractivity contribution in [2.24, 2.45) is 0 Å². The second-order valence-corrected chi connectivity index (χ2v) is 9.23. The first-order valence-electron chi connectivity index (χ1n) is 8.92. The number of benzene rings is 2. The third kappa shape index (κ3) is 4.26. The molecule has 0 aromatic heterocycles. The van der Waals surface area contributed by atoms with Gasteiger partial charge in [-0.3, -0.25) is 14.9 Å². The maximum atomic E-state index is 13.0. The molecule has 8 nitrogen and oxygen atoms in total. The molecule has 1 saturated heterocycles. The summed E-state index contributed by atoms with van der Waals surface area (Å²) in [6.45, 7) is 4.08. The van der Waals surface area contributed by atoms with E-state index < -0.39 is 20.9 Å². The maximum Gasteiger partial charge on any atom is 0.283 e. The van der Waals surface area contributed by atoms with Crippen molar-refractivity contribution < 1.29 is 18.1 Å². The molecule has 0 radical (unpaired) electrons. The zero-order valence-corrected chi connectivity index (χ0v) is 17.5. The van der Waals surface area contributed by atoms with Gasteiger partial charge >= 0.3 is 0 Å². The van der Waals surface area contributed by atoms with Gasteiger partial charge in [0.15, 0.2) is 0 Å². The summed E-state index contributed by atoms with van der Waals surface area (Å²) in [6, 6.07) is 9.13. The van der Waals surface area contributed by atoms with Crippen LogP contribution < -0.4 is 0 Å². The molecule has 0 bridgehead atoms. The van der Waals surface area contributed by atoms with Crippen LogP contribution in [0.3, 0.4) is 0 Å². The lowest BCUT2D eigenvalue weighted by Gasteiger charge is -2.34. The highest BCUT2D eigenvalue weighted by Crippen LogP contribution is 2.26. The Morgan fingerprint density at radius 2 is 1.72 bits per heavy atom. The van der Waals surface area contributed by atoms with Crippen molar-refractivity contribution >= 4 is 33.2 Å². The van der Waals surface area contributed by atoms with Crippen molar-refractivity contribution in [3.8, 4) is 0 Å². The average Bonchev–Trinajstić information content (AvgIpc) is 2.69. The summed E-state index contributed by atoms with van der Waals surface area (Å²) in [7, 11) is -3.69. The van der Waals surface area contributed by atoms with E-state index in [1.165, 1.54) is 21.3 Å². The van der Waals surface area contributed by atoms with Crippen molar-refractivity contribution in [3.63, 3.8) is 0 Å². The van der Waals surface area contributed by atoms with E-state index in [1.54, 1.807) is 19.1 Å². The van der Waals surface area contributed by atoms with Crippen molar-refractivity contribution in [2.75, 3.05) is 26.2 Å². The Kier molecular flexibility index (Phi) is 5.92. The van der Waals surface area contributed by atoms with Gasteiger partial charge in [-0.1, -0.05) is 23.7 Å². The number of nitrogens with zero attached hydrogens (tertiary/aromatic N) is 3. The summed E-state index contributed by atoms with van der Waals surface area (Å²) in [5, 5.41) is 11.4. The van der Waals surface area contributed by atoms with Gasteiger partial charge in [-0.15, -0.1) is 0 Å². The first kappa shape index (κ1) is 21.2. The fraction of sp³-hybridized carbons (Fsp3) is 0.316. The van der Waals surface area contributed by atoms with Crippen LogP contribution in [0, 0.1) is 24.0 Å². The lowest BCUT2D eigenvalue weighted by Crippen LogP contribution is -2.50. The van der Waals surface area contributed by atoms with E-state index in [2.05, 4.69) is 0 Å². The molecule has 29 heavy (non-hydrogen) atoms. The van der Waals surface area contributed by atoms with Crippen LogP contribution in [0.15, 0.2) is 41.3 Å². The molecule has 0 aliphatic carbocycles. The molecule has 2 aromatic carbocycles. The third-order valence-electron chi connectivity index (χ3n) is 4.87. The molecular weight excluding hydrogens is 418 g/mol. The van der Waals surface area contributed by atoms with E-state index in [0.717, 1.165) is 11.6 Å². The monoisotopic (exact) mass is 437 g/mol. The van der Waals surface area contributed by atoms with Crippen LogP contribution in [0.2, 0.25) is 5.02 Å². The van der Waals surface area contributed by atoms with Crippen molar-refractivity contribution in [3.05, 3.63) is 68.2 Å². The van der Waals surface area contributed by atoms with Gasteiger partial charge in [0.2, 0.25) is 10.0 Å². The minimum Gasteiger partial charge on any atom is -0.336 e. The van der Waals surface area contributed by atoms with Crippen molar-refractivity contribution in [1.29, 1.82) is 0 Å². The number of amides is 1. The first-order chi connectivity index (χ1) is 13.6. The molecule has 0 N–H and O–H groups in total. The Balaban J connectivity index is 1.78. The summed E-state index contributed by atoms with van der Waals surface area (Å²) in [4.78, 5) is 25.0. The van der Waals surface area contributed by atoms with E-state index in [-0.39, 0.29) is 47.3 Å². The van der Waals surface area contributed by atoms with E-state index in [1.807, 2.05) is 13.0 Å². The smallest absolute Gasteiger partial charge is 0.283 e.